The maximum atomic E-state index is 13.4. The molecule has 4 bridgehead atoms. The van der Waals surface area contributed by atoms with E-state index in [2.05, 4.69) is 10.6 Å². The molecule has 0 spiro atoms. The number of aryl methyl sites for hydroxylation is 1. The first-order valence-corrected chi connectivity index (χ1v) is 12.5. The Morgan fingerprint density at radius 3 is 2.34 bits per heavy atom. The lowest BCUT2D eigenvalue weighted by atomic mass is 9.53. The highest BCUT2D eigenvalue weighted by molar-refractivity contribution is 8.00. The molecule has 2 aromatic rings. The zero-order chi connectivity index (χ0) is 22.3. The summed E-state index contributed by atoms with van der Waals surface area (Å²) in [4.78, 5) is 26.5. The molecule has 4 aliphatic rings. The summed E-state index contributed by atoms with van der Waals surface area (Å²) in [7, 11) is 0. The average molecular weight is 453 g/mol. The third kappa shape index (κ3) is 4.42. The molecule has 0 atom stereocenters. The molecule has 2 aromatic carbocycles. The Hall–Kier alpha value is -2.34. The van der Waals surface area contributed by atoms with Crippen LogP contribution in [0.15, 0.2) is 47.4 Å². The highest BCUT2D eigenvalue weighted by atomic mass is 32.2. The van der Waals surface area contributed by atoms with E-state index in [0.717, 1.165) is 41.9 Å². The van der Waals surface area contributed by atoms with Crippen LogP contribution in [0.3, 0.4) is 0 Å². The van der Waals surface area contributed by atoms with E-state index in [0.29, 0.717) is 22.6 Å². The zero-order valence-electron chi connectivity index (χ0n) is 18.3. The van der Waals surface area contributed by atoms with Crippen molar-refractivity contribution in [3.05, 3.63) is 59.4 Å². The van der Waals surface area contributed by atoms with E-state index < -0.39 is 0 Å². The van der Waals surface area contributed by atoms with E-state index in [1.807, 2.05) is 18.2 Å². The van der Waals surface area contributed by atoms with Crippen molar-refractivity contribution in [3.63, 3.8) is 0 Å². The summed E-state index contributed by atoms with van der Waals surface area (Å²) in [6, 6.07) is 11.6. The van der Waals surface area contributed by atoms with Crippen molar-refractivity contribution in [2.45, 2.75) is 55.9 Å². The summed E-state index contributed by atoms with van der Waals surface area (Å²) >= 11 is 1.40. The molecule has 0 aromatic heterocycles. The SMILES string of the molecule is Cc1cc(F)ccc1NC(=O)c1ccccc1SCC(=O)NC12CC3CC(CC(C3)C1)C2. The molecule has 4 fully saturated rings. The van der Waals surface area contributed by atoms with E-state index in [1.54, 1.807) is 19.1 Å². The van der Waals surface area contributed by atoms with E-state index >= 15 is 0 Å². The number of rotatable bonds is 6. The lowest BCUT2D eigenvalue weighted by Gasteiger charge is -2.56. The van der Waals surface area contributed by atoms with E-state index in [4.69, 9.17) is 0 Å². The number of amides is 2. The molecule has 4 aliphatic carbocycles. The van der Waals surface area contributed by atoms with Crippen molar-refractivity contribution in [1.82, 2.24) is 5.32 Å². The van der Waals surface area contributed by atoms with Crippen molar-refractivity contribution in [2.24, 2.45) is 17.8 Å². The maximum absolute atomic E-state index is 13.4. The largest absolute Gasteiger partial charge is 0.350 e. The van der Waals surface area contributed by atoms with Gasteiger partial charge in [-0.3, -0.25) is 9.59 Å². The highest BCUT2D eigenvalue weighted by Gasteiger charge is 2.51. The Labute approximate surface area is 192 Å². The van der Waals surface area contributed by atoms with Crippen LogP contribution in [0, 0.1) is 30.5 Å². The number of carbonyl (C=O) groups excluding carboxylic acids is 2. The number of halogens is 1. The van der Waals surface area contributed by atoms with Gasteiger partial charge in [-0.1, -0.05) is 12.1 Å². The molecule has 0 aliphatic heterocycles. The Bertz CT molecular complexity index is 1020. The van der Waals surface area contributed by atoms with Gasteiger partial charge in [-0.2, -0.15) is 0 Å². The van der Waals surface area contributed by atoms with Gasteiger partial charge in [0.2, 0.25) is 5.91 Å². The number of hydrogen-bond acceptors (Lipinski definition) is 3. The van der Waals surface area contributed by atoms with Crippen LogP contribution >= 0.6 is 11.8 Å². The average Bonchev–Trinajstić information content (AvgIpc) is 2.73. The number of anilines is 1. The Kier molecular flexibility index (Phi) is 5.74. The minimum Gasteiger partial charge on any atom is -0.350 e. The number of carbonyl (C=O) groups is 2. The predicted octanol–water partition coefficient (Wildman–Crippen LogP) is 5.56. The highest BCUT2D eigenvalue weighted by Crippen LogP contribution is 2.55. The molecule has 2 N–H and O–H groups in total. The van der Waals surface area contributed by atoms with E-state index in [1.165, 1.54) is 43.2 Å². The molecular weight excluding hydrogens is 423 g/mol. The molecular formula is C26H29FN2O2S. The van der Waals surface area contributed by atoms with Gasteiger partial charge in [-0.15, -0.1) is 11.8 Å². The van der Waals surface area contributed by atoms with Crippen LogP contribution in [-0.4, -0.2) is 23.1 Å². The minimum absolute atomic E-state index is 0.00337. The van der Waals surface area contributed by atoms with Crippen molar-refractivity contribution >= 4 is 29.3 Å². The molecule has 4 nitrogen and oxygen atoms in total. The summed E-state index contributed by atoms with van der Waals surface area (Å²) in [6.07, 6.45) is 7.43. The Morgan fingerprint density at radius 2 is 1.69 bits per heavy atom. The summed E-state index contributed by atoms with van der Waals surface area (Å²) in [6.45, 7) is 1.76. The van der Waals surface area contributed by atoms with Crippen LogP contribution < -0.4 is 10.6 Å². The van der Waals surface area contributed by atoms with Crippen LogP contribution in [0.2, 0.25) is 0 Å². The fourth-order valence-electron chi connectivity index (χ4n) is 6.48. The minimum atomic E-state index is -0.332. The number of benzene rings is 2. The van der Waals surface area contributed by atoms with Gasteiger partial charge in [0.05, 0.1) is 11.3 Å². The second kappa shape index (κ2) is 8.54. The van der Waals surface area contributed by atoms with Gasteiger partial charge in [-0.25, -0.2) is 4.39 Å². The standard InChI is InChI=1S/C26H29FN2O2S/c1-16-8-20(27)6-7-22(16)28-25(31)21-4-2-3-5-23(21)32-15-24(30)29-26-12-17-9-18(13-26)11-19(10-17)14-26/h2-8,17-19H,9-15H2,1H3,(H,28,31)(H,29,30). The molecule has 32 heavy (non-hydrogen) atoms. The number of nitrogens with one attached hydrogen (secondary N) is 2. The molecule has 168 valence electrons. The van der Waals surface area contributed by atoms with Gasteiger partial charge >= 0.3 is 0 Å². The molecule has 6 rings (SSSR count). The van der Waals surface area contributed by atoms with Crippen LogP contribution in [0.1, 0.15) is 54.4 Å². The summed E-state index contributed by atoms with van der Waals surface area (Å²) in [5, 5.41) is 6.27. The van der Waals surface area contributed by atoms with Gasteiger partial charge in [0.15, 0.2) is 0 Å². The lowest BCUT2D eigenvalue weighted by Crippen LogP contribution is -2.60. The van der Waals surface area contributed by atoms with Crippen LogP contribution in [0.5, 0.6) is 0 Å². The smallest absolute Gasteiger partial charge is 0.256 e. The molecule has 0 radical (unpaired) electrons. The number of thioether (sulfide) groups is 1. The van der Waals surface area contributed by atoms with Gasteiger partial charge in [0, 0.05) is 16.1 Å². The topological polar surface area (TPSA) is 58.2 Å². The molecule has 0 unspecified atom stereocenters. The van der Waals surface area contributed by atoms with Gasteiger partial charge in [0.1, 0.15) is 5.82 Å². The molecule has 4 saturated carbocycles. The fourth-order valence-corrected chi connectivity index (χ4v) is 7.33. The maximum Gasteiger partial charge on any atom is 0.256 e. The van der Waals surface area contributed by atoms with E-state index in [-0.39, 0.29) is 23.2 Å². The summed E-state index contributed by atoms with van der Waals surface area (Å²) in [5.74, 6) is 2.12. The normalized spacial score (nSPS) is 27.9. The molecule has 2 amide bonds. The third-order valence-corrected chi connectivity index (χ3v) is 8.44. The van der Waals surface area contributed by atoms with Gasteiger partial charge in [-0.05, 0) is 99.1 Å². The first-order valence-electron chi connectivity index (χ1n) is 11.5. The van der Waals surface area contributed by atoms with E-state index in [9.17, 15) is 14.0 Å². The molecule has 6 heteroatoms. The Morgan fingerprint density at radius 1 is 1.03 bits per heavy atom. The third-order valence-electron chi connectivity index (χ3n) is 7.37. The monoisotopic (exact) mass is 452 g/mol. The predicted molar refractivity (Wildman–Crippen MR) is 125 cm³/mol. The second-order valence-electron chi connectivity index (χ2n) is 9.94. The van der Waals surface area contributed by atoms with Crippen LogP contribution in [-0.2, 0) is 4.79 Å². The fraction of sp³-hybridized carbons (Fsp3) is 0.462. The van der Waals surface area contributed by atoms with Crippen molar-refractivity contribution in [3.8, 4) is 0 Å². The van der Waals surface area contributed by atoms with Gasteiger partial charge in [0.25, 0.3) is 5.91 Å². The Balaban J connectivity index is 1.23. The number of hydrogen-bond donors (Lipinski definition) is 2. The summed E-state index contributed by atoms with van der Waals surface area (Å²) < 4.78 is 13.4. The summed E-state index contributed by atoms with van der Waals surface area (Å²) in [5.41, 5.74) is 1.77. The van der Waals surface area contributed by atoms with Crippen LogP contribution in [0.25, 0.3) is 0 Å². The van der Waals surface area contributed by atoms with Crippen molar-refractivity contribution in [1.29, 1.82) is 0 Å². The van der Waals surface area contributed by atoms with Crippen molar-refractivity contribution < 1.29 is 14.0 Å². The first kappa shape index (κ1) is 21.5. The first-order chi connectivity index (χ1) is 15.4. The molecule has 0 saturated heterocycles. The van der Waals surface area contributed by atoms with Crippen LogP contribution in [0.4, 0.5) is 10.1 Å². The zero-order valence-corrected chi connectivity index (χ0v) is 19.1. The quantitative estimate of drug-likeness (QED) is 0.564. The lowest BCUT2D eigenvalue weighted by molar-refractivity contribution is -0.124. The van der Waals surface area contributed by atoms with Crippen molar-refractivity contribution in [2.75, 3.05) is 11.1 Å². The molecule has 0 heterocycles. The van der Waals surface area contributed by atoms with Gasteiger partial charge < -0.3 is 10.6 Å². The second-order valence-corrected chi connectivity index (χ2v) is 11.0.